The van der Waals surface area contributed by atoms with Crippen LogP contribution in [0.4, 0.5) is 11.4 Å². The lowest BCUT2D eigenvalue weighted by atomic mass is 10.1. The summed E-state index contributed by atoms with van der Waals surface area (Å²) in [6.45, 7) is 5.09. The number of ether oxygens (including phenoxy) is 1. The molecule has 5 rings (SSSR count). The van der Waals surface area contributed by atoms with Crippen molar-refractivity contribution in [2.75, 3.05) is 56.1 Å². The maximum atomic E-state index is 12.4. The number of benzene rings is 2. The zero-order valence-corrected chi connectivity index (χ0v) is 17.9. The topological polar surface area (TPSA) is 82.2 Å². The molecule has 1 N–H and O–H groups in total. The molecule has 0 bridgehead atoms. The van der Waals surface area contributed by atoms with E-state index in [1.165, 1.54) is 4.90 Å². The molecule has 0 aliphatic carbocycles. The van der Waals surface area contributed by atoms with Gasteiger partial charge in [-0.1, -0.05) is 18.2 Å². The molecule has 3 aliphatic heterocycles. The van der Waals surface area contributed by atoms with Crippen molar-refractivity contribution in [2.45, 2.75) is 12.8 Å². The van der Waals surface area contributed by atoms with E-state index in [9.17, 15) is 14.4 Å². The summed E-state index contributed by atoms with van der Waals surface area (Å²) in [7, 11) is 0. The van der Waals surface area contributed by atoms with Gasteiger partial charge in [-0.05, 0) is 43.7 Å². The Labute approximate surface area is 186 Å². The van der Waals surface area contributed by atoms with Gasteiger partial charge in [0.05, 0.1) is 22.5 Å². The van der Waals surface area contributed by atoms with Crippen LogP contribution in [-0.2, 0) is 4.79 Å². The molecule has 1 fully saturated rings. The number of unbranched alkanes of at least 4 members (excludes halogenated alkanes) is 1. The number of piperazine rings is 1. The molecule has 3 amide bonds. The maximum absolute atomic E-state index is 12.4. The molecule has 3 heterocycles. The van der Waals surface area contributed by atoms with Gasteiger partial charge in [-0.25, -0.2) is 0 Å². The second kappa shape index (κ2) is 8.63. The first-order valence-corrected chi connectivity index (χ1v) is 11.1. The third kappa shape index (κ3) is 3.82. The first kappa shape index (κ1) is 20.5. The van der Waals surface area contributed by atoms with Crippen molar-refractivity contribution in [3.63, 3.8) is 0 Å². The summed E-state index contributed by atoms with van der Waals surface area (Å²) in [5.41, 5.74) is 2.78. The Morgan fingerprint density at radius 3 is 2.22 bits per heavy atom. The Kier molecular flexibility index (Phi) is 5.53. The average molecular weight is 434 g/mol. The van der Waals surface area contributed by atoms with Gasteiger partial charge in [0.2, 0.25) is 0 Å². The van der Waals surface area contributed by atoms with Crippen molar-refractivity contribution in [3.05, 3.63) is 53.6 Å². The monoisotopic (exact) mass is 434 g/mol. The lowest BCUT2D eigenvalue weighted by molar-refractivity contribution is -0.118. The van der Waals surface area contributed by atoms with Crippen LogP contribution >= 0.6 is 0 Å². The summed E-state index contributed by atoms with van der Waals surface area (Å²) >= 11 is 0. The van der Waals surface area contributed by atoms with Crippen LogP contribution in [0.1, 0.15) is 33.6 Å². The van der Waals surface area contributed by atoms with Gasteiger partial charge in [0.15, 0.2) is 12.4 Å². The lowest BCUT2D eigenvalue weighted by Gasteiger charge is -2.37. The van der Waals surface area contributed by atoms with Crippen molar-refractivity contribution < 1.29 is 19.1 Å². The SMILES string of the molecule is O=C1COc2c(cccc2N2CCN(CCCCN3C(=O)c4ccccc4C3=O)CC2)N1. The predicted molar refractivity (Wildman–Crippen MR) is 120 cm³/mol. The third-order valence-corrected chi connectivity index (χ3v) is 6.31. The van der Waals surface area contributed by atoms with Crippen molar-refractivity contribution in [3.8, 4) is 5.75 Å². The number of para-hydroxylation sites is 1. The minimum Gasteiger partial charge on any atom is -0.479 e. The summed E-state index contributed by atoms with van der Waals surface area (Å²) in [6, 6.07) is 12.9. The number of nitrogens with zero attached hydrogens (tertiary/aromatic N) is 3. The van der Waals surface area contributed by atoms with Crippen LogP contribution < -0.4 is 15.0 Å². The van der Waals surface area contributed by atoms with Gasteiger partial charge in [0.1, 0.15) is 0 Å². The molecule has 0 atom stereocenters. The Hall–Kier alpha value is -3.39. The number of hydrogen-bond donors (Lipinski definition) is 1. The summed E-state index contributed by atoms with van der Waals surface area (Å²) in [4.78, 5) is 42.5. The molecule has 0 radical (unpaired) electrons. The van der Waals surface area contributed by atoms with Gasteiger partial charge < -0.3 is 15.0 Å². The van der Waals surface area contributed by atoms with Gasteiger partial charge in [-0.3, -0.25) is 24.2 Å². The van der Waals surface area contributed by atoms with E-state index in [-0.39, 0.29) is 24.3 Å². The molecule has 8 nitrogen and oxygen atoms in total. The van der Waals surface area contributed by atoms with E-state index >= 15 is 0 Å². The van der Waals surface area contributed by atoms with Crippen LogP contribution in [0.15, 0.2) is 42.5 Å². The summed E-state index contributed by atoms with van der Waals surface area (Å²) in [6.07, 6.45) is 1.73. The quantitative estimate of drug-likeness (QED) is 0.555. The molecule has 0 saturated carbocycles. The van der Waals surface area contributed by atoms with Crippen LogP contribution in [0.5, 0.6) is 5.75 Å². The molecule has 2 aromatic carbocycles. The van der Waals surface area contributed by atoms with Crippen LogP contribution in [0.2, 0.25) is 0 Å². The fourth-order valence-electron chi connectivity index (χ4n) is 4.61. The fraction of sp³-hybridized carbons (Fsp3) is 0.375. The highest BCUT2D eigenvalue weighted by atomic mass is 16.5. The third-order valence-electron chi connectivity index (χ3n) is 6.31. The number of nitrogens with one attached hydrogen (secondary N) is 1. The first-order valence-electron chi connectivity index (χ1n) is 11.1. The fourth-order valence-corrected chi connectivity index (χ4v) is 4.61. The van der Waals surface area contributed by atoms with Gasteiger partial charge in [0.25, 0.3) is 17.7 Å². The number of amides is 3. The predicted octanol–water partition coefficient (Wildman–Crippen LogP) is 2.22. The molecule has 2 aromatic rings. The summed E-state index contributed by atoms with van der Waals surface area (Å²) in [5.74, 6) is 0.273. The first-order chi connectivity index (χ1) is 15.6. The molecule has 8 heteroatoms. The van der Waals surface area contributed by atoms with Gasteiger partial charge in [-0.2, -0.15) is 0 Å². The molecule has 166 valence electrons. The molecule has 0 spiro atoms. The number of carbonyl (C=O) groups excluding carboxylic acids is 3. The van der Waals surface area contributed by atoms with E-state index in [0.29, 0.717) is 17.7 Å². The van der Waals surface area contributed by atoms with Crippen LogP contribution in [-0.4, -0.2) is 73.4 Å². The van der Waals surface area contributed by atoms with Crippen molar-refractivity contribution in [2.24, 2.45) is 0 Å². The molecular formula is C24H26N4O4. The largest absolute Gasteiger partial charge is 0.479 e. The van der Waals surface area contributed by atoms with Crippen LogP contribution in [0.3, 0.4) is 0 Å². The highest BCUT2D eigenvalue weighted by Gasteiger charge is 2.34. The van der Waals surface area contributed by atoms with Gasteiger partial charge >= 0.3 is 0 Å². The Morgan fingerprint density at radius 1 is 0.812 bits per heavy atom. The molecule has 0 unspecified atom stereocenters. The van der Waals surface area contributed by atoms with Crippen LogP contribution in [0, 0.1) is 0 Å². The number of anilines is 2. The van der Waals surface area contributed by atoms with E-state index in [1.807, 2.05) is 18.2 Å². The van der Waals surface area contributed by atoms with E-state index in [4.69, 9.17) is 4.74 Å². The van der Waals surface area contributed by atoms with Crippen molar-refractivity contribution in [1.82, 2.24) is 9.80 Å². The Morgan fingerprint density at radius 2 is 1.50 bits per heavy atom. The molecule has 32 heavy (non-hydrogen) atoms. The van der Waals surface area contributed by atoms with Crippen molar-refractivity contribution >= 4 is 29.1 Å². The summed E-state index contributed by atoms with van der Waals surface area (Å²) < 4.78 is 5.69. The maximum Gasteiger partial charge on any atom is 0.262 e. The van der Waals surface area contributed by atoms with E-state index in [2.05, 4.69) is 15.1 Å². The van der Waals surface area contributed by atoms with E-state index in [0.717, 1.165) is 62.7 Å². The van der Waals surface area contributed by atoms with Gasteiger partial charge in [0, 0.05) is 32.7 Å². The summed E-state index contributed by atoms with van der Waals surface area (Å²) in [5, 5.41) is 2.86. The zero-order chi connectivity index (χ0) is 22.1. The van der Waals surface area contributed by atoms with Crippen LogP contribution in [0.25, 0.3) is 0 Å². The van der Waals surface area contributed by atoms with E-state index < -0.39 is 0 Å². The number of rotatable bonds is 6. The standard InChI is InChI=1S/C24H26N4O4/c29-21-16-32-22-19(25-21)8-5-9-20(22)27-14-12-26(13-15-27)10-3-4-11-28-23(30)17-6-1-2-7-18(17)24(28)31/h1-2,5-9H,3-4,10-16H2,(H,25,29). The number of imide groups is 1. The minimum atomic E-state index is -0.177. The Bertz CT molecular complexity index is 1030. The van der Waals surface area contributed by atoms with E-state index in [1.54, 1.807) is 24.3 Å². The number of carbonyl (C=O) groups is 3. The number of hydrogen-bond acceptors (Lipinski definition) is 6. The lowest BCUT2D eigenvalue weighted by Crippen LogP contribution is -2.47. The second-order valence-electron chi connectivity index (χ2n) is 8.33. The average Bonchev–Trinajstić information content (AvgIpc) is 3.06. The number of fused-ring (bicyclic) bond motifs is 2. The Balaban J connectivity index is 1.09. The highest BCUT2D eigenvalue weighted by Crippen LogP contribution is 2.38. The molecule has 3 aliphatic rings. The van der Waals surface area contributed by atoms with Gasteiger partial charge in [-0.15, -0.1) is 0 Å². The molecule has 1 saturated heterocycles. The minimum absolute atomic E-state index is 0.0527. The molecule has 0 aromatic heterocycles. The second-order valence-corrected chi connectivity index (χ2v) is 8.33. The normalized spacial score (nSPS) is 18.3. The zero-order valence-electron chi connectivity index (χ0n) is 17.9. The molecular weight excluding hydrogens is 408 g/mol. The van der Waals surface area contributed by atoms with Crippen molar-refractivity contribution in [1.29, 1.82) is 0 Å². The highest BCUT2D eigenvalue weighted by molar-refractivity contribution is 6.21. The smallest absolute Gasteiger partial charge is 0.262 e.